The molecule has 0 saturated carbocycles. The first-order chi connectivity index (χ1) is 18.9. The molecule has 9 nitrogen and oxygen atoms in total. The van der Waals surface area contributed by atoms with Gasteiger partial charge >= 0.3 is 6.01 Å². The van der Waals surface area contributed by atoms with Crippen LogP contribution < -0.4 is 10.3 Å². The van der Waals surface area contributed by atoms with Crippen molar-refractivity contribution >= 4 is 0 Å². The van der Waals surface area contributed by atoms with Gasteiger partial charge in [0, 0.05) is 16.7 Å². The third-order valence-electron chi connectivity index (χ3n) is 7.06. The number of nitro groups is 1. The van der Waals surface area contributed by atoms with Gasteiger partial charge in [0.25, 0.3) is 5.56 Å². The molecule has 1 aliphatic rings. The maximum absolute atomic E-state index is 12.2. The highest BCUT2D eigenvalue weighted by Crippen LogP contribution is 2.42. The van der Waals surface area contributed by atoms with E-state index in [1.165, 1.54) is 11.7 Å². The summed E-state index contributed by atoms with van der Waals surface area (Å²) in [5.41, 5.74) is 1.57. The number of methoxy groups -OCH3 is 1. The van der Waals surface area contributed by atoms with Crippen molar-refractivity contribution in [3.63, 3.8) is 0 Å². The van der Waals surface area contributed by atoms with E-state index in [0.717, 1.165) is 16.7 Å². The SMILES string of the molecule is COc1nc(=O)c(C)cn1[C@H]1C[C@H]([N+](=O)[O-])[C@@H](COC(c2ccccc2)(c2ccccc2)c2ccccc2)O1. The Morgan fingerprint density at radius 3 is 1.95 bits per heavy atom. The van der Waals surface area contributed by atoms with Crippen molar-refractivity contribution in [2.45, 2.75) is 37.3 Å². The quantitative estimate of drug-likeness (QED) is 0.179. The molecule has 0 spiro atoms. The maximum atomic E-state index is 12.2. The monoisotopic (exact) mass is 527 g/mol. The Labute approximate surface area is 225 Å². The number of hydrogen-bond donors (Lipinski definition) is 0. The highest BCUT2D eigenvalue weighted by molar-refractivity contribution is 5.47. The molecule has 4 aromatic rings. The maximum Gasteiger partial charge on any atom is 0.301 e. The summed E-state index contributed by atoms with van der Waals surface area (Å²) in [6, 6.07) is 28.4. The van der Waals surface area contributed by atoms with Crippen LogP contribution in [0.3, 0.4) is 0 Å². The summed E-state index contributed by atoms with van der Waals surface area (Å²) >= 11 is 0. The van der Waals surface area contributed by atoms with Crippen LogP contribution in [0.5, 0.6) is 6.01 Å². The molecule has 2 heterocycles. The third kappa shape index (κ3) is 5.06. The summed E-state index contributed by atoms with van der Waals surface area (Å²) in [4.78, 5) is 27.8. The second-order valence-corrected chi connectivity index (χ2v) is 9.43. The van der Waals surface area contributed by atoms with Gasteiger partial charge in [0.1, 0.15) is 11.8 Å². The van der Waals surface area contributed by atoms with E-state index in [1.807, 2.05) is 91.0 Å². The first-order valence-corrected chi connectivity index (χ1v) is 12.7. The minimum atomic E-state index is -1.04. The smallest absolute Gasteiger partial charge is 0.301 e. The molecule has 9 heteroatoms. The summed E-state index contributed by atoms with van der Waals surface area (Å²) in [6.45, 7) is 1.56. The summed E-state index contributed by atoms with van der Waals surface area (Å²) in [5.74, 6) is 0. The van der Waals surface area contributed by atoms with Crippen LogP contribution >= 0.6 is 0 Å². The topological polar surface area (TPSA) is 106 Å². The van der Waals surface area contributed by atoms with Crippen molar-refractivity contribution in [3.8, 4) is 6.01 Å². The van der Waals surface area contributed by atoms with Crippen LogP contribution in [0.1, 0.15) is 34.9 Å². The van der Waals surface area contributed by atoms with Crippen molar-refractivity contribution in [1.29, 1.82) is 0 Å². The lowest BCUT2D eigenvalue weighted by Gasteiger charge is -2.36. The standard InChI is InChI=1S/C30H29N3O6/c1-21-19-32(29(37-2)31-28(21)34)27-18-25(33(35)36)26(39-27)20-38-30(22-12-6-3-7-13-22,23-14-8-4-9-15-23)24-16-10-5-11-17-24/h3-17,19,25-27H,18,20H2,1-2H3/t25-,26+,27+/m0/s1. The number of nitrogens with zero attached hydrogens (tertiary/aromatic N) is 3. The van der Waals surface area contributed by atoms with Crippen LogP contribution in [0.15, 0.2) is 102 Å². The second-order valence-electron chi connectivity index (χ2n) is 9.43. The molecule has 0 radical (unpaired) electrons. The van der Waals surface area contributed by atoms with Crippen molar-refractivity contribution in [2.75, 3.05) is 13.7 Å². The van der Waals surface area contributed by atoms with E-state index in [2.05, 4.69) is 4.98 Å². The third-order valence-corrected chi connectivity index (χ3v) is 7.06. The molecule has 3 aromatic carbocycles. The summed E-state index contributed by atoms with van der Waals surface area (Å²) in [5, 5.41) is 12.2. The Morgan fingerprint density at radius 2 is 1.49 bits per heavy atom. The van der Waals surface area contributed by atoms with Gasteiger partial charge in [0.15, 0.2) is 6.10 Å². The van der Waals surface area contributed by atoms with Crippen LogP contribution in [0.4, 0.5) is 0 Å². The number of aryl methyl sites for hydroxylation is 1. The van der Waals surface area contributed by atoms with Crippen molar-refractivity contribution in [3.05, 3.63) is 140 Å². The van der Waals surface area contributed by atoms with Crippen molar-refractivity contribution in [2.24, 2.45) is 0 Å². The van der Waals surface area contributed by atoms with Crippen LogP contribution in [0.25, 0.3) is 0 Å². The van der Waals surface area contributed by atoms with Crippen LogP contribution in [0.2, 0.25) is 0 Å². The molecule has 0 amide bonds. The van der Waals surface area contributed by atoms with Crippen LogP contribution in [-0.2, 0) is 15.1 Å². The lowest BCUT2D eigenvalue weighted by Crippen LogP contribution is -2.39. The number of rotatable bonds is 9. The molecular formula is C30H29N3O6. The molecule has 0 bridgehead atoms. The fourth-order valence-corrected chi connectivity index (χ4v) is 5.14. The predicted molar refractivity (Wildman–Crippen MR) is 144 cm³/mol. The van der Waals surface area contributed by atoms with E-state index >= 15 is 0 Å². The Morgan fingerprint density at radius 1 is 0.974 bits per heavy atom. The summed E-state index contributed by atoms with van der Waals surface area (Å²) in [6.07, 6.45) is -0.00206. The first-order valence-electron chi connectivity index (χ1n) is 12.7. The molecule has 1 saturated heterocycles. The fourth-order valence-electron chi connectivity index (χ4n) is 5.14. The molecule has 200 valence electrons. The first kappa shape index (κ1) is 26.3. The average molecular weight is 528 g/mol. The van der Waals surface area contributed by atoms with E-state index < -0.39 is 29.5 Å². The zero-order chi connectivity index (χ0) is 27.4. The van der Waals surface area contributed by atoms with E-state index in [4.69, 9.17) is 14.2 Å². The van der Waals surface area contributed by atoms with Gasteiger partial charge in [-0.15, -0.1) is 0 Å². The molecule has 0 unspecified atom stereocenters. The molecule has 39 heavy (non-hydrogen) atoms. The Balaban J connectivity index is 1.54. The molecule has 3 atom stereocenters. The fraction of sp³-hybridized carbons (Fsp3) is 0.267. The van der Waals surface area contributed by atoms with Gasteiger partial charge in [0.2, 0.25) is 6.04 Å². The lowest BCUT2D eigenvalue weighted by atomic mass is 9.80. The highest BCUT2D eigenvalue weighted by atomic mass is 16.6. The van der Waals surface area contributed by atoms with E-state index in [0.29, 0.717) is 5.56 Å². The van der Waals surface area contributed by atoms with Gasteiger partial charge in [-0.2, -0.15) is 4.98 Å². The number of ether oxygens (including phenoxy) is 3. The van der Waals surface area contributed by atoms with Gasteiger partial charge in [-0.1, -0.05) is 91.0 Å². The minimum absolute atomic E-state index is 0.0338. The number of benzene rings is 3. The average Bonchev–Trinajstić information content (AvgIpc) is 3.41. The van der Waals surface area contributed by atoms with Crippen molar-refractivity contribution in [1.82, 2.24) is 9.55 Å². The van der Waals surface area contributed by atoms with Gasteiger partial charge in [-0.25, -0.2) is 0 Å². The van der Waals surface area contributed by atoms with Crippen LogP contribution in [-0.4, -0.2) is 40.3 Å². The predicted octanol–water partition coefficient (Wildman–Crippen LogP) is 4.50. The second kappa shape index (κ2) is 11.2. The Bertz CT molecular complexity index is 1380. The van der Waals surface area contributed by atoms with E-state index in [1.54, 1.807) is 13.1 Å². The summed E-state index contributed by atoms with van der Waals surface area (Å²) in [7, 11) is 1.39. The van der Waals surface area contributed by atoms with Gasteiger partial charge in [-0.3, -0.25) is 19.5 Å². The Hall–Kier alpha value is -4.34. The molecule has 5 rings (SSSR count). The largest absolute Gasteiger partial charge is 0.468 e. The number of aromatic nitrogens is 2. The summed E-state index contributed by atoms with van der Waals surface area (Å²) < 4.78 is 19.9. The zero-order valence-corrected chi connectivity index (χ0v) is 21.7. The molecule has 1 aromatic heterocycles. The minimum Gasteiger partial charge on any atom is -0.468 e. The molecule has 1 fully saturated rings. The van der Waals surface area contributed by atoms with Gasteiger partial charge in [-0.05, 0) is 23.6 Å². The van der Waals surface area contributed by atoms with E-state index in [9.17, 15) is 14.9 Å². The van der Waals surface area contributed by atoms with Crippen molar-refractivity contribution < 1.29 is 19.1 Å². The van der Waals surface area contributed by atoms with Gasteiger partial charge < -0.3 is 14.2 Å². The zero-order valence-electron chi connectivity index (χ0n) is 21.7. The normalized spacial score (nSPS) is 19.1. The molecule has 0 aliphatic carbocycles. The van der Waals surface area contributed by atoms with E-state index in [-0.39, 0.29) is 24.0 Å². The molecule has 1 aliphatic heterocycles. The van der Waals surface area contributed by atoms with Gasteiger partial charge in [0.05, 0.1) is 20.1 Å². The lowest BCUT2D eigenvalue weighted by molar-refractivity contribution is -0.528. The number of hydrogen-bond acceptors (Lipinski definition) is 7. The Kier molecular flexibility index (Phi) is 7.53. The molecular weight excluding hydrogens is 498 g/mol. The molecule has 0 N–H and O–H groups in total. The highest BCUT2D eigenvalue weighted by Gasteiger charge is 2.47. The van der Waals surface area contributed by atoms with Crippen LogP contribution in [0, 0.1) is 17.0 Å².